The van der Waals surface area contributed by atoms with E-state index in [2.05, 4.69) is 59.5 Å². The molecule has 4 aliphatic carbocycles. The van der Waals surface area contributed by atoms with Crippen LogP contribution in [0.4, 0.5) is 0 Å². The van der Waals surface area contributed by atoms with Crippen LogP contribution in [0.3, 0.4) is 0 Å². The summed E-state index contributed by atoms with van der Waals surface area (Å²) in [6.45, 7) is 25.6. The van der Waals surface area contributed by atoms with Crippen LogP contribution in [0.1, 0.15) is 179 Å². The Morgan fingerprint density at radius 2 is 1.34 bits per heavy atom. The minimum Gasteiger partial charge on any atom is -0.400 e. The lowest BCUT2D eigenvalue weighted by Crippen LogP contribution is -2.55. The van der Waals surface area contributed by atoms with Gasteiger partial charge < -0.3 is 44.5 Å². The van der Waals surface area contributed by atoms with Crippen molar-refractivity contribution < 1.29 is 44.5 Å². The molecule has 13 atom stereocenters. The lowest BCUT2D eigenvalue weighted by molar-refractivity contribution is -0.260. The van der Waals surface area contributed by atoms with E-state index in [0.29, 0.717) is 35.5 Å². The number of terminal acetylenes is 2. The van der Waals surface area contributed by atoms with Gasteiger partial charge in [0.2, 0.25) is 0 Å². The van der Waals surface area contributed by atoms with Gasteiger partial charge in [-0.2, -0.15) is 13.5 Å². The zero-order chi connectivity index (χ0) is 46.5. The van der Waals surface area contributed by atoms with E-state index in [0.717, 1.165) is 63.9 Å². The van der Waals surface area contributed by atoms with E-state index in [1.165, 1.54) is 38.5 Å². The molecule has 6 rings (SSSR count). The number of aliphatic hydroxyl groups is 5. The molecule has 9 nitrogen and oxygen atoms in total. The molecule has 5 N–H and O–H groups in total. The minimum absolute atomic E-state index is 0. The van der Waals surface area contributed by atoms with Gasteiger partial charge in [-0.3, -0.25) is 0 Å². The van der Waals surface area contributed by atoms with Gasteiger partial charge in [0, 0.05) is 25.4 Å². The van der Waals surface area contributed by atoms with E-state index in [9.17, 15) is 20.4 Å². The third kappa shape index (κ3) is 15.5. The molecule has 0 amide bonds. The monoisotopic (exact) mass is 885 g/mol. The van der Waals surface area contributed by atoms with Crippen LogP contribution in [-0.4, -0.2) is 94.6 Å². The van der Waals surface area contributed by atoms with Gasteiger partial charge in [0.25, 0.3) is 0 Å². The third-order valence-corrected chi connectivity index (χ3v) is 14.7. The molecule has 0 radical (unpaired) electrons. The zero-order valence-corrected chi connectivity index (χ0v) is 42.1. The molecule has 61 heavy (non-hydrogen) atoms. The second-order valence-electron chi connectivity index (χ2n) is 18.4. The van der Waals surface area contributed by atoms with Gasteiger partial charge in [-0.15, -0.1) is 25.7 Å². The van der Waals surface area contributed by atoms with Crippen LogP contribution in [0.25, 0.3) is 0 Å². The van der Waals surface area contributed by atoms with Crippen molar-refractivity contribution in [1.29, 1.82) is 0 Å². The fraction of sp³-hybridized carbons (Fsp3) is 0.882. The quantitative estimate of drug-likeness (QED) is 0.101. The first-order valence-electron chi connectivity index (χ1n) is 23.7. The molecule has 3 saturated carbocycles. The predicted octanol–water partition coefficient (Wildman–Crippen LogP) is 9.96. The van der Waals surface area contributed by atoms with Crippen molar-refractivity contribution in [2.24, 2.45) is 39.9 Å². The van der Waals surface area contributed by atoms with Crippen LogP contribution in [0.5, 0.6) is 0 Å². The maximum Gasteiger partial charge on any atom is 0.161 e. The summed E-state index contributed by atoms with van der Waals surface area (Å²) in [5.41, 5.74) is 1.26. The molecule has 5 fully saturated rings. The van der Waals surface area contributed by atoms with Crippen LogP contribution in [0, 0.1) is 65.6 Å². The molecule has 10 heteroatoms. The highest BCUT2D eigenvalue weighted by Crippen LogP contribution is 2.69. The Morgan fingerprint density at radius 3 is 1.92 bits per heavy atom. The van der Waals surface area contributed by atoms with E-state index < -0.39 is 30.2 Å². The smallest absolute Gasteiger partial charge is 0.161 e. The second kappa shape index (κ2) is 30.1. The highest BCUT2D eigenvalue weighted by molar-refractivity contribution is 7.59. The first-order chi connectivity index (χ1) is 28.7. The largest absolute Gasteiger partial charge is 0.400 e. The summed E-state index contributed by atoms with van der Waals surface area (Å²) in [6, 6.07) is 0. The topological polar surface area (TPSA) is 138 Å². The number of allylic oxidation sites excluding steroid dienone is 1. The summed E-state index contributed by atoms with van der Waals surface area (Å²) in [6.07, 6.45) is 31.7. The number of fused-ring (bicyclic) bond motifs is 5. The summed E-state index contributed by atoms with van der Waals surface area (Å²) >= 11 is 0. The Balaban J connectivity index is 0. The molecule has 6 aliphatic rings. The number of hydrogen-bond acceptors (Lipinski definition) is 9. The Labute approximate surface area is 382 Å². The Bertz CT molecular complexity index is 1210. The maximum absolute atomic E-state index is 11.0. The average Bonchev–Trinajstić information content (AvgIpc) is 3.60. The van der Waals surface area contributed by atoms with E-state index in [1.54, 1.807) is 19.4 Å². The van der Waals surface area contributed by atoms with Gasteiger partial charge in [0.1, 0.15) is 0 Å². The Hall–Kier alpha value is -1.15. The molecular weight excluding hydrogens is 789 g/mol. The maximum atomic E-state index is 11.0. The molecule has 0 bridgehead atoms. The van der Waals surface area contributed by atoms with Crippen molar-refractivity contribution in [3.63, 3.8) is 0 Å². The van der Waals surface area contributed by atoms with Crippen molar-refractivity contribution in [1.82, 2.24) is 0 Å². The SMILES string of the molecule is C#C.C#C.CC.CC.CC.CC(C)(O)[C@@H](CCCC1CCC2C3CC=C4C(CC[C@H](O[C@H]5CCC[C@@H](CO)O5)C4(C)C)[C@]3(C)CC[C@]12C)O[C@H]1C[C@@H](O)C[C@@H](CO)O1.CO.S. The molecule has 0 spiro atoms. The van der Waals surface area contributed by atoms with Gasteiger partial charge in [-0.25, -0.2) is 0 Å². The summed E-state index contributed by atoms with van der Waals surface area (Å²) in [5, 5.41) is 47.5. The fourth-order valence-electron chi connectivity index (χ4n) is 11.7. The zero-order valence-electron chi connectivity index (χ0n) is 41.1. The van der Waals surface area contributed by atoms with E-state index in [4.69, 9.17) is 24.1 Å². The van der Waals surface area contributed by atoms with E-state index >= 15 is 0 Å². The van der Waals surface area contributed by atoms with Crippen LogP contribution < -0.4 is 0 Å². The fourth-order valence-corrected chi connectivity index (χ4v) is 11.7. The van der Waals surface area contributed by atoms with Crippen molar-refractivity contribution in [2.45, 2.75) is 228 Å². The first-order valence-corrected chi connectivity index (χ1v) is 23.7. The van der Waals surface area contributed by atoms with Crippen molar-refractivity contribution in [2.75, 3.05) is 20.3 Å². The third-order valence-electron chi connectivity index (χ3n) is 14.7. The van der Waals surface area contributed by atoms with Gasteiger partial charge >= 0.3 is 0 Å². The molecule has 2 heterocycles. The molecule has 4 unspecified atom stereocenters. The highest BCUT2D eigenvalue weighted by atomic mass is 32.1. The Morgan fingerprint density at radius 1 is 0.770 bits per heavy atom. The molecule has 2 saturated heterocycles. The number of rotatable bonds is 11. The lowest BCUT2D eigenvalue weighted by atomic mass is 9.43. The average molecular weight is 885 g/mol. The van der Waals surface area contributed by atoms with Crippen LogP contribution >= 0.6 is 13.5 Å². The second-order valence-corrected chi connectivity index (χ2v) is 18.4. The molecule has 0 aromatic heterocycles. The highest BCUT2D eigenvalue weighted by Gasteiger charge is 2.62. The van der Waals surface area contributed by atoms with Crippen molar-refractivity contribution in [3.05, 3.63) is 11.6 Å². The number of aliphatic hydroxyl groups excluding tert-OH is 4. The Kier molecular flexibility index (Phi) is 30.6. The van der Waals surface area contributed by atoms with Gasteiger partial charge in [-0.05, 0) is 125 Å². The molecule has 0 aromatic rings. The van der Waals surface area contributed by atoms with Crippen LogP contribution in [0.2, 0.25) is 0 Å². The van der Waals surface area contributed by atoms with Crippen LogP contribution in [0.15, 0.2) is 11.6 Å². The van der Waals surface area contributed by atoms with Crippen LogP contribution in [-0.2, 0) is 18.9 Å². The summed E-state index contributed by atoms with van der Waals surface area (Å²) < 4.78 is 25.0. The number of hydrogen-bond donors (Lipinski definition) is 5. The molecule has 2 aliphatic heterocycles. The summed E-state index contributed by atoms with van der Waals surface area (Å²) in [5.74, 6) is 2.76. The summed E-state index contributed by atoms with van der Waals surface area (Å²) in [7, 11) is 1.00. The van der Waals surface area contributed by atoms with E-state index in [1.807, 2.05) is 41.5 Å². The normalized spacial score (nSPS) is 35.9. The first kappa shape index (κ1) is 61.9. The number of ether oxygens (including phenoxy) is 4. The van der Waals surface area contributed by atoms with Crippen molar-refractivity contribution in [3.8, 4) is 25.7 Å². The summed E-state index contributed by atoms with van der Waals surface area (Å²) in [4.78, 5) is 0. The minimum atomic E-state index is -1.02. The van der Waals surface area contributed by atoms with E-state index in [-0.39, 0.29) is 50.6 Å². The van der Waals surface area contributed by atoms with Gasteiger partial charge in [-0.1, -0.05) is 87.3 Å². The van der Waals surface area contributed by atoms with Gasteiger partial charge in [0.05, 0.1) is 49.3 Å². The predicted molar refractivity (Wildman–Crippen MR) is 257 cm³/mol. The molecule has 360 valence electrons. The van der Waals surface area contributed by atoms with Crippen molar-refractivity contribution >= 4 is 13.5 Å². The standard InChI is InChI=1S/C40H68O8.3C2H6.2C2H2.CH4O.H2S/c1-37(2)29-15-16-32-31-14-13-25(9-7-11-34(38(3,4)44)48-36-22-26(43)21-28(24-42)46-36)39(31,5)19-20-40(32,6)30(29)17-18-33(37)47-35-12-8-10-27(23-41)45-35;6*1-2;/h15,25-28,30-36,41-44H,7-14,16-24H2,1-6H3;3*1-2H3;2*1-2H;2H,1H3;1H2/t25?,26-,27-,28-,30?,31?,32?,33-,34+,35-,36-,39+,40-;;;;;;;/m0......./s1. The molecule has 0 aromatic carbocycles. The lowest BCUT2D eigenvalue weighted by Gasteiger charge is -2.62. The van der Waals surface area contributed by atoms with Gasteiger partial charge in [0.15, 0.2) is 12.6 Å². The molecular formula is C51H96O9S.